The van der Waals surface area contributed by atoms with Crippen LogP contribution in [0, 0.1) is 0 Å². The van der Waals surface area contributed by atoms with Gasteiger partial charge >= 0.3 is 6.18 Å². The first-order chi connectivity index (χ1) is 18.8. The van der Waals surface area contributed by atoms with Crippen molar-refractivity contribution >= 4 is 43.5 Å². The summed E-state index contributed by atoms with van der Waals surface area (Å²) >= 11 is 3.39. The van der Waals surface area contributed by atoms with Gasteiger partial charge in [-0.15, -0.1) is 0 Å². The Labute approximate surface area is 240 Å². The van der Waals surface area contributed by atoms with E-state index in [0.29, 0.717) is 22.5 Å². The standard InChI is InChI=1S/C28H29BrF3N3O4S/c1-3-33-27(37)25(16-20-9-5-4-6-10-20)34(18-21-11-7-13-23(29)15-21)26(36)19-35(40(2,38)39)24-14-8-12-22(17-24)28(30,31)32/h4-15,17,25H,3,16,18-19H2,1-2H3,(H,33,37)/t25-/m1/s1. The number of halogens is 4. The van der Waals surface area contributed by atoms with Crippen LogP contribution in [-0.4, -0.2) is 50.5 Å². The van der Waals surface area contributed by atoms with Gasteiger partial charge in [-0.2, -0.15) is 13.2 Å². The predicted molar refractivity (Wildman–Crippen MR) is 151 cm³/mol. The molecular weight excluding hydrogens is 611 g/mol. The van der Waals surface area contributed by atoms with E-state index < -0.39 is 46.2 Å². The Hall–Kier alpha value is -3.38. The van der Waals surface area contributed by atoms with E-state index in [1.54, 1.807) is 55.5 Å². The number of likely N-dealkylation sites (N-methyl/N-ethyl adjacent to an activating group) is 1. The Kier molecular flexibility index (Phi) is 10.4. The molecule has 7 nitrogen and oxygen atoms in total. The summed E-state index contributed by atoms with van der Waals surface area (Å²) in [7, 11) is -4.19. The lowest BCUT2D eigenvalue weighted by atomic mass is 10.0. The number of sulfonamides is 1. The molecule has 0 bridgehead atoms. The van der Waals surface area contributed by atoms with Gasteiger partial charge in [0.05, 0.1) is 17.5 Å². The van der Waals surface area contributed by atoms with Crippen LogP contribution < -0.4 is 9.62 Å². The van der Waals surface area contributed by atoms with Gasteiger partial charge in [-0.3, -0.25) is 13.9 Å². The van der Waals surface area contributed by atoms with Crippen molar-refractivity contribution in [1.82, 2.24) is 10.2 Å². The number of nitrogens with one attached hydrogen (secondary N) is 1. The van der Waals surface area contributed by atoms with E-state index in [1.807, 2.05) is 6.07 Å². The number of alkyl halides is 3. The lowest BCUT2D eigenvalue weighted by molar-refractivity contribution is -0.140. The average molecular weight is 641 g/mol. The number of benzene rings is 3. The average Bonchev–Trinajstić information content (AvgIpc) is 2.89. The topological polar surface area (TPSA) is 86.8 Å². The molecule has 1 atom stereocenters. The quantitative estimate of drug-likeness (QED) is 0.320. The number of carbonyl (C=O) groups excluding carboxylic acids is 2. The Balaban J connectivity index is 2.06. The highest BCUT2D eigenvalue weighted by molar-refractivity contribution is 9.10. The van der Waals surface area contributed by atoms with Crippen LogP contribution in [0.15, 0.2) is 83.3 Å². The van der Waals surface area contributed by atoms with Gasteiger partial charge in [0, 0.05) is 24.0 Å². The van der Waals surface area contributed by atoms with Gasteiger partial charge in [-0.1, -0.05) is 64.5 Å². The van der Waals surface area contributed by atoms with Gasteiger partial charge in [0.25, 0.3) is 0 Å². The minimum Gasteiger partial charge on any atom is -0.355 e. The smallest absolute Gasteiger partial charge is 0.355 e. The third-order valence-corrected chi connectivity index (χ3v) is 7.64. The third-order valence-electron chi connectivity index (χ3n) is 6.00. The molecule has 0 fully saturated rings. The fraction of sp³-hybridized carbons (Fsp3) is 0.286. The number of hydrogen-bond donors (Lipinski definition) is 1. The van der Waals surface area contributed by atoms with E-state index in [1.165, 1.54) is 11.0 Å². The molecule has 0 aliphatic carbocycles. The molecule has 2 amide bonds. The van der Waals surface area contributed by atoms with Crippen LogP contribution in [0.2, 0.25) is 0 Å². The molecule has 0 saturated carbocycles. The molecule has 0 unspecified atom stereocenters. The lowest BCUT2D eigenvalue weighted by Crippen LogP contribution is -2.53. The summed E-state index contributed by atoms with van der Waals surface area (Å²) < 4.78 is 67.0. The zero-order chi connectivity index (χ0) is 29.5. The first-order valence-electron chi connectivity index (χ1n) is 12.3. The monoisotopic (exact) mass is 639 g/mol. The highest BCUT2D eigenvalue weighted by atomic mass is 79.9. The van der Waals surface area contributed by atoms with Gasteiger partial charge in [-0.25, -0.2) is 8.42 Å². The summed E-state index contributed by atoms with van der Waals surface area (Å²) in [5.74, 6) is -1.20. The van der Waals surface area contributed by atoms with E-state index in [4.69, 9.17) is 0 Å². The minimum absolute atomic E-state index is 0.0485. The maximum absolute atomic E-state index is 13.9. The zero-order valence-electron chi connectivity index (χ0n) is 21.9. The van der Waals surface area contributed by atoms with Crippen molar-refractivity contribution in [2.45, 2.75) is 32.1 Å². The van der Waals surface area contributed by atoms with Crippen LogP contribution in [-0.2, 0) is 38.8 Å². The van der Waals surface area contributed by atoms with Crippen LogP contribution in [0.25, 0.3) is 0 Å². The molecule has 214 valence electrons. The molecule has 0 radical (unpaired) electrons. The van der Waals surface area contributed by atoms with Crippen LogP contribution in [0.4, 0.5) is 18.9 Å². The molecule has 0 heterocycles. The van der Waals surface area contributed by atoms with Crippen molar-refractivity contribution in [3.8, 4) is 0 Å². The first-order valence-corrected chi connectivity index (χ1v) is 14.9. The van der Waals surface area contributed by atoms with E-state index in [9.17, 15) is 31.2 Å². The normalized spacial score (nSPS) is 12.4. The van der Waals surface area contributed by atoms with Gasteiger partial charge in [0.2, 0.25) is 21.8 Å². The fourth-order valence-electron chi connectivity index (χ4n) is 4.13. The molecule has 0 saturated heterocycles. The van der Waals surface area contributed by atoms with Gasteiger partial charge in [-0.05, 0) is 48.4 Å². The summed E-state index contributed by atoms with van der Waals surface area (Å²) in [5, 5.41) is 2.74. The summed E-state index contributed by atoms with van der Waals surface area (Å²) in [6.07, 6.45) is -3.77. The van der Waals surface area contributed by atoms with Gasteiger partial charge in [0.1, 0.15) is 12.6 Å². The van der Waals surface area contributed by atoms with Crippen molar-refractivity contribution in [3.05, 3.63) is 100 Å². The predicted octanol–water partition coefficient (Wildman–Crippen LogP) is 5.01. The molecule has 0 spiro atoms. The zero-order valence-corrected chi connectivity index (χ0v) is 24.3. The number of amides is 2. The molecular formula is C28H29BrF3N3O4S. The molecule has 3 aromatic rings. The summed E-state index contributed by atoms with van der Waals surface area (Å²) in [4.78, 5) is 28.4. The molecule has 0 aromatic heterocycles. The maximum Gasteiger partial charge on any atom is 0.416 e. The van der Waals surface area contributed by atoms with Gasteiger partial charge in [0.15, 0.2) is 0 Å². The van der Waals surface area contributed by atoms with Crippen LogP contribution in [0.3, 0.4) is 0 Å². The molecule has 12 heteroatoms. The van der Waals surface area contributed by atoms with Crippen molar-refractivity contribution in [2.24, 2.45) is 0 Å². The second-order valence-corrected chi connectivity index (χ2v) is 11.9. The second-order valence-electron chi connectivity index (χ2n) is 9.07. The number of anilines is 1. The fourth-order valence-corrected chi connectivity index (χ4v) is 5.42. The first kappa shape index (κ1) is 31.2. The number of hydrogen-bond acceptors (Lipinski definition) is 4. The number of rotatable bonds is 11. The van der Waals surface area contributed by atoms with Crippen LogP contribution >= 0.6 is 15.9 Å². The van der Waals surface area contributed by atoms with Crippen LogP contribution in [0.5, 0.6) is 0 Å². The Bertz CT molecular complexity index is 1440. The van der Waals surface area contributed by atoms with E-state index in [-0.39, 0.29) is 18.7 Å². The molecule has 3 rings (SSSR count). The van der Waals surface area contributed by atoms with E-state index in [2.05, 4.69) is 21.2 Å². The van der Waals surface area contributed by atoms with Crippen LogP contribution in [0.1, 0.15) is 23.6 Å². The third kappa shape index (κ3) is 8.56. The lowest BCUT2D eigenvalue weighted by Gasteiger charge is -2.33. The highest BCUT2D eigenvalue weighted by Crippen LogP contribution is 2.32. The van der Waals surface area contributed by atoms with Crippen molar-refractivity contribution < 1.29 is 31.2 Å². The van der Waals surface area contributed by atoms with Crippen molar-refractivity contribution in [1.29, 1.82) is 0 Å². The Morgan fingerprint density at radius 1 is 0.950 bits per heavy atom. The van der Waals surface area contributed by atoms with Crippen molar-refractivity contribution in [3.63, 3.8) is 0 Å². The number of nitrogens with zero attached hydrogens (tertiary/aromatic N) is 2. The highest BCUT2D eigenvalue weighted by Gasteiger charge is 2.34. The number of carbonyl (C=O) groups is 2. The molecule has 1 N–H and O–H groups in total. The summed E-state index contributed by atoms with van der Waals surface area (Å²) in [6, 6.07) is 18.8. The molecule has 3 aromatic carbocycles. The van der Waals surface area contributed by atoms with E-state index in [0.717, 1.165) is 28.4 Å². The minimum atomic E-state index is -4.71. The van der Waals surface area contributed by atoms with E-state index >= 15 is 0 Å². The molecule has 0 aliphatic heterocycles. The largest absolute Gasteiger partial charge is 0.416 e. The second kappa shape index (κ2) is 13.3. The Morgan fingerprint density at radius 2 is 1.60 bits per heavy atom. The van der Waals surface area contributed by atoms with Gasteiger partial charge < -0.3 is 10.2 Å². The molecule has 0 aliphatic rings. The summed E-state index contributed by atoms with van der Waals surface area (Å²) in [6.45, 7) is 1.17. The SMILES string of the molecule is CCNC(=O)[C@@H](Cc1ccccc1)N(Cc1cccc(Br)c1)C(=O)CN(c1cccc(C(F)(F)F)c1)S(C)(=O)=O. The summed E-state index contributed by atoms with van der Waals surface area (Å²) in [5.41, 5.74) is 0.0609. The van der Waals surface area contributed by atoms with Crippen molar-refractivity contribution in [2.75, 3.05) is 23.7 Å². The Morgan fingerprint density at radius 3 is 2.20 bits per heavy atom. The maximum atomic E-state index is 13.9. The molecule has 40 heavy (non-hydrogen) atoms.